The van der Waals surface area contributed by atoms with E-state index in [4.69, 9.17) is 9.84 Å². The molecule has 3 rings (SSSR count). The number of rotatable bonds is 2. The number of phenols is 2. The molecule has 0 saturated heterocycles. The lowest BCUT2D eigenvalue weighted by Gasteiger charge is -2.26. The predicted octanol–water partition coefficient (Wildman–Crippen LogP) is 3.73. The number of aromatic hydroxyl groups is 2. The molecular formula is C18H16O5. The summed E-state index contributed by atoms with van der Waals surface area (Å²) in [5, 5.41) is 28.8. The van der Waals surface area contributed by atoms with Gasteiger partial charge in [-0.25, -0.2) is 0 Å². The van der Waals surface area contributed by atoms with Crippen molar-refractivity contribution in [2.45, 2.75) is 20.3 Å². The standard InChI is InChI=1S/C18H16O5/c1-9-14(19)6-3-12-11(5-8-16(21)22)13-4-7-15(20)10(2)18(13)23-17(9)12/h3-7,19-20H,8H2,1-2H3,(H,21,22). The van der Waals surface area contributed by atoms with E-state index >= 15 is 0 Å². The number of carbonyl (C=O) groups is 1. The van der Waals surface area contributed by atoms with Gasteiger partial charge in [0.05, 0.1) is 6.42 Å². The highest BCUT2D eigenvalue weighted by Crippen LogP contribution is 2.49. The SMILES string of the molecule is Cc1c(O)ccc2c1Oc1c(ccc(O)c1C)C2=CCC(=O)O. The molecule has 0 unspecified atom stereocenters. The van der Waals surface area contributed by atoms with Crippen LogP contribution in [-0.4, -0.2) is 21.3 Å². The van der Waals surface area contributed by atoms with E-state index in [-0.39, 0.29) is 17.9 Å². The van der Waals surface area contributed by atoms with Crippen LogP contribution in [0.2, 0.25) is 0 Å². The zero-order chi connectivity index (χ0) is 16.7. The molecule has 0 saturated carbocycles. The van der Waals surface area contributed by atoms with Crippen LogP contribution in [0.15, 0.2) is 30.3 Å². The minimum absolute atomic E-state index is 0.0996. The normalized spacial score (nSPS) is 12.2. The van der Waals surface area contributed by atoms with E-state index in [2.05, 4.69) is 0 Å². The van der Waals surface area contributed by atoms with Crippen LogP contribution in [-0.2, 0) is 4.79 Å². The van der Waals surface area contributed by atoms with Crippen LogP contribution in [0.3, 0.4) is 0 Å². The van der Waals surface area contributed by atoms with Crippen LogP contribution in [0.25, 0.3) is 5.57 Å². The molecule has 0 atom stereocenters. The van der Waals surface area contributed by atoms with Crippen LogP contribution >= 0.6 is 0 Å². The molecule has 0 bridgehead atoms. The van der Waals surface area contributed by atoms with Gasteiger partial charge < -0.3 is 20.1 Å². The number of carboxylic acid groups (broad SMARTS) is 1. The maximum Gasteiger partial charge on any atom is 0.307 e. The third-order valence-electron chi connectivity index (χ3n) is 4.02. The highest BCUT2D eigenvalue weighted by atomic mass is 16.5. The van der Waals surface area contributed by atoms with Crippen molar-refractivity contribution in [3.63, 3.8) is 0 Å². The molecule has 0 fully saturated rings. The lowest BCUT2D eigenvalue weighted by atomic mass is 9.90. The van der Waals surface area contributed by atoms with Crippen molar-refractivity contribution in [1.82, 2.24) is 0 Å². The Morgan fingerprint density at radius 3 is 1.91 bits per heavy atom. The molecule has 0 amide bonds. The van der Waals surface area contributed by atoms with E-state index < -0.39 is 5.97 Å². The van der Waals surface area contributed by atoms with E-state index in [9.17, 15) is 15.0 Å². The maximum absolute atomic E-state index is 11.0. The van der Waals surface area contributed by atoms with Crippen molar-refractivity contribution >= 4 is 11.5 Å². The summed E-state index contributed by atoms with van der Waals surface area (Å²) in [7, 11) is 0. The summed E-state index contributed by atoms with van der Waals surface area (Å²) in [6.07, 6.45) is 1.49. The summed E-state index contributed by atoms with van der Waals surface area (Å²) in [4.78, 5) is 11.0. The molecule has 118 valence electrons. The molecule has 2 aromatic rings. The molecule has 3 N–H and O–H groups in total. The summed E-state index contributed by atoms with van der Waals surface area (Å²) in [6.45, 7) is 3.46. The Morgan fingerprint density at radius 1 is 1.00 bits per heavy atom. The van der Waals surface area contributed by atoms with Gasteiger partial charge in [0, 0.05) is 22.3 Å². The molecule has 5 nitrogen and oxygen atoms in total. The number of fused-ring (bicyclic) bond motifs is 2. The summed E-state index contributed by atoms with van der Waals surface area (Å²) < 4.78 is 5.93. The Hall–Kier alpha value is -2.95. The second-order valence-electron chi connectivity index (χ2n) is 5.49. The Balaban J connectivity index is 2.29. The summed E-state index contributed by atoms with van der Waals surface area (Å²) in [6, 6.07) is 6.53. The monoisotopic (exact) mass is 312 g/mol. The molecular weight excluding hydrogens is 296 g/mol. The topological polar surface area (TPSA) is 87.0 Å². The maximum atomic E-state index is 11.0. The molecule has 0 radical (unpaired) electrons. The predicted molar refractivity (Wildman–Crippen MR) is 85.1 cm³/mol. The van der Waals surface area contributed by atoms with Crippen molar-refractivity contribution < 1.29 is 24.9 Å². The third kappa shape index (κ3) is 2.40. The molecule has 1 aliphatic rings. The van der Waals surface area contributed by atoms with Gasteiger partial charge in [-0.1, -0.05) is 6.08 Å². The Bertz CT molecular complexity index is 789. The summed E-state index contributed by atoms with van der Waals surface area (Å²) in [5.74, 6) is 0.217. The van der Waals surface area contributed by atoms with Gasteiger partial charge in [0.25, 0.3) is 0 Å². The van der Waals surface area contributed by atoms with E-state index in [1.807, 2.05) is 0 Å². The minimum Gasteiger partial charge on any atom is -0.508 e. The second kappa shape index (κ2) is 5.35. The van der Waals surface area contributed by atoms with Gasteiger partial charge in [-0.3, -0.25) is 4.79 Å². The molecule has 0 aromatic heterocycles. The van der Waals surface area contributed by atoms with Gasteiger partial charge in [-0.15, -0.1) is 0 Å². The average molecular weight is 312 g/mol. The van der Waals surface area contributed by atoms with Crippen LogP contribution < -0.4 is 4.74 Å². The van der Waals surface area contributed by atoms with Crippen LogP contribution in [0.4, 0.5) is 0 Å². The molecule has 1 aliphatic heterocycles. The Labute approximate surface area is 133 Å². The largest absolute Gasteiger partial charge is 0.508 e. The zero-order valence-corrected chi connectivity index (χ0v) is 12.8. The first-order valence-corrected chi connectivity index (χ1v) is 7.16. The summed E-state index contributed by atoms with van der Waals surface area (Å²) >= 11 is 0. The van der Waals surface area contributed by atoms with E-state index in [1.165, 1.54) is 0 Å². The number of carboxylic acids is 1. The van der Waals surface area contributed by atoms with E-state index in [0.717, 1.165) is 16.7 Å². The van der Waals surface area contributed by atoms with Crippen LogP contribution in [0.5, 0.6) is 23.0 Å². The quantitative estimate of drug-likeness (QED) is 0.671. The Kier molecular flexibility index (Phi) is 3.48. The second-order valence-corrected chi connectivity index (χ2v) is 5.49. The fourth-order valence-electron chi connectivity index (χ4n) is 2.71. The smallest absolute Gasteiger partial charge is 0.307 e. The highest BCUT2D eigenvalue weighted by Gasteiger charge is 2.26. The number of hydrogen-bond acceptors (Lipinski definition) is 4. The van der Waals surface area contributed by atoms with Gasteiger partial charge in [-0.05, 0) is 43.7 Å². The average Bonchev–Trinajstić information content (AvgIpc) is 2.51. The molecule has 0 aliphatic carbocycles. The van der Waals surface area contributed by atoms with Gasteiger partial charge in [-0.2, -0.15) is 0 Å². The van der Waals surface area contributed by atoms with Crippen molar-refractivity contribution in [3.05, 3.63) is 52.6 Å². The molecule has 0 spiro atoms. The first kappa shape index (κ1) is 15.0. The molecule has 2 aromatic carbocycles. The van der Waals surface area contributed by atoms with Gasteiger partial charge in [0.15, 0.2) is 0 Å². The first-order chi connectivity index (χ1) is 10.9. The molecule has 1 heterocycles. The number of hydrogen-bond donors (Lipinski definition) is 3. The minimum atomic E-state index is -0.932. The molecule has 5 heteroatoms. The van der Waals surface area contributed by atoms with Gasteiger partial charge in [0.1, 0.15) is 23.0 Å². The fraction of sp³-hybridized carbons (Fsp3) is 0.167. The number of ether oxygens (including phenoxy) is 1. The lowest BCUT2D eigenvalue weighted by molar-refractivity contribution is -0.135. The third-order valence-corrected chi connectivity index (χ3v) is 4.02. The van der Waals surface area contributed by atoms with Crippen molar-refractivity contribution in [2.24, 2.45) is 0 Å². The number of benzene rings is 2. The van der Waals surface area contributed by atoms with Gasteiger partial charge in [0.2, 0.25) is 0 Å². The van der Waals surface area contributed by atoms with Gasteiger partial charge >= 0.3 is 5.97 Å². The Morgan fingerprint density at radius 2 is 1.48 bits per heavy atom. The lowest BCUT2D eigenvalue weighted by Crippen LogP contribution is -2.06. The van der Waals surface area contributed by atoms with Crippen molar-refractivity contribution in [2.75, 3.05) is 0 Å². The fourth-order valence-corrected chi connectivity index (χ4v) is 2.71. The van der Waals surface area contributed by atoms with Crippen molar-refractivity contribution in [1.29, 1.82) is 0 Å². The highest BCUT2D eigenvalue weighted by molar-refractivity contribution is 5.91. The van der Waals surface area contributed by atoms with Crippen LogP contribution in [0, 0.1) is 13.8 Å². The first-order valence-electron chi connectivity index (χ1n) is 7.16. The van der Waals surface area contributed by atoms with E-state index in [0.29, 0.717) is 22.6 Å². The summed E-state index contributed by atoms with van der Waals surface area (Å²) in [5.41, 5.74) is 3.29. The van der Waals surface area contributed by atoms with Crippen molar-refractivity contribution in [3.8, 4) is 23.0 Å². The van der Waals surface area contributed by atoms with Crippen LogP contribution in [0.1, 0.15) is 28.7 Å². The molecule has 23 heavy (non-hydrogen) atoms. The van der Waals surface area contributed by atoms with E-state index in [1.54, 1.807) is 44.2 Å². The number of phenolic OH excluding ortho intramolecular Hbond substituents is 2. The zero-order valence-electron chi connectivity index (χ0n) is 12.8. The number of aliphatic carboxylic acids is 1.